The lowest BCUT2D eigenvalue weighted by Crippen LogP contribution is -1.96. The van der Waals surface area contributed by atoms with E-state index >= 15 is 0 Å². The van der Waals surface area contributed by atoms with Crippen molar-refractivity contribution in [2.24, 2.45) is 0 Å². The minimum Gasteiger partial charge on any atom is -0.456 e. The van der Waals surface area contributed by atoms with Crippen LogP contribution in [0.15, 0.2) is 35.3 Å². The summed E-state index contributed by atoms with van der Waals surface area (Å²) in [7, 11) is 0. The van der Waals surface area contributed by atoms with E-state index in [2.05, 4.69) is 21.5 Å². The molecule has 0 amide bonds. The van der Waals surface area contributed by atoms with Gasteiger partial charge in [0, 0.05) is 16.5 Å². The topological polar surface area (TPSA) is 51.8 Å². The van der Waals surface area contributed by atoms with E-state index in [4.69, 9.17) is 16.0 Å². The molecule has 4 nitrogen and oxygen atoms in total. The Hall–Kier alpha value is -2.46. The van der Waals surface area contributed by atoms with Crippen LogP contribution < -0.4 is 0 Å². The van der Waals surface area contributed by atoms with Crippen molar-refractivity contribution in [3.05, 3.63) is 53.3 Å². The fourth-order valence-corrected chi connectivity index (χ4v) is 2.54. The number of aryl methyl sites for hydroxylation is 1. The third kappa shape index (κ3) is 2.53. The summed E-state index contributed by atoms with van der Waals surface area (Å²) in [6.07, 6.45) is 5.65. The van der Waals surface area contributed by atoms with Crippen molar-refractivity contribution in [1.29, 1.82) is 0 Å². The minimum atomic E-state index is 0.184. The summed E-state index contributed by atoms with van der Waals surface area (Å²) >= 11 is 5.90. The quantitative estimate of drug-likeness (QED) is 0.688. The average Bonchev–Trinajstić information content (AvgIpc) is 2.82. The first-order chi connectivity index (χ1) is 10.6. The van der Waals surface area contributed by atoms with Crippen molar-refractivity contribution >= 4 is 34.7 Å². The zero-order valence-corrected chi connectivity index (χ0v) is 13.1. The molecule has 0 spiro atoms. The zero-order chi connectivity index (χ0) is 15.7. The van der Waals surface area contributed by atoms with Crippen molar-refractivity contribution in [2.75, 3.05) is 0 Å². The van der Waals surface area contributed by atoms with Gasteiger partial charge in [0.15, 0.2) is 5.82 Å². The Labute approximate surface area is 133 Å². The van der Waals surface area contributed by atoms with E-state index in [1.54, 1.807) is 13.0 Å². The van der Waals surface area contributed by atoms with Gasteiger partial charge in [-0.1, -0.05) is 24.8 Å². The van der Waals surface area contributed by atoms with Crippen molar-refractivity contribution in [1.82, 2.24) is 15.0 Å². The third-order valence-corrected chi connectivity index (χ3v) is 3.43. The molecule has 0 saturated carbocycles. The highest BCUT2D eigenvalue weighted by atomic mass is 35.5. The van der Waals surface area contributed by atoms with Crippen molar-refractivity contribution in [3.63, 3.8) is 0 Å². The molecule has 0 N–H and O–H groups in total. The number of halogens is 1. The Morgan fingerprint density at radius 3 is 2.73 bits per heavy atom. The SMILES string of the molecule is C=Cc1c(/C=C\C)oc2cc(-c3nc(C)nc(Cl)n3)ccc12. The highest BCUT2D eigenvalue weighted by molar-refractivity contribution is 6.28. The maximum Gasteiger partial charge on any atom is 0.226 e. The number of hydrogen-bond acceptors (Lipinski definition) is 4. The van der Waals surface area contributed by atoms with Gasteiger partial charge in [-0.15, -0.1) is 0 Å². The number of nitrogens with zero attached hydrogens (tertiary/aromatic N) is 3. The lowest BCUT2D eigenvalue weighted by atomic mass is 10.1. The summed E-state index contributed by atoms with van der Waals surface area (Å²) < 4.78 is 5.89. The number of fused-ring (bicyclic) bond motifs is 1. The van der Waals surface area contributed by atoms with Crippen LogP contribution in [0.3, 0.4) is 0 Å². The van der Waals surface area contributed by atoms with Gasteiger partial charge in [-0.05, 0) is 43.7 Å². The molecule has 22 heavy (non-hydrogen) atoms. The van der Waals surface area contributed by atoms with E-state index in [0.29, 0.717) is 11.6 Å². The van der Waals surface area contributed by atoms with Crippen LogP contribution in [0.25, 0.3) is 34.5 Å². The summed E-state index contributed by atoms with van der Waals surface area (Å²) in [6.45, 7) is 7.58. The van der Waals surface area contributed by atoms with Crippen LogP contribution in [-0.2, 0) is 0 Å². The number of allylic oxidation sites excluding steroid dienone is 1. The van der Waals surface area contributed by atoms with Crippen LogP contribution in [0.1, 0.15) is 24.1 Å². The molecule has 0 aliphatic rings. The number of benzene rings is 1. The molecule has 0 unspecified atom stereocenters. The van der Waals surface area contributed by atoms with Gasteiger partial charge in [0.2, 0.25) is 5.28 Å². The predicted octanol–water partition coefficient (Wildman–Crippen LogP) is 4.92. The van der Waals surface area contributed by atoms with E-state index in [1.165, 1.54) is 0 Å². The average molecular weight is 312 g/mol. The molecule has 2 heterocycles. The summed E-state index contributed by atoms with van der Waals surface area (Å²) in [5.74, 6) is 1.90. The Morgan fingerprint density at radius 1 is 1.23 bits per heavy atom. The molecule has 0 fully saturated rings. The lowest BCUT2D eigenvalue weighted by molar-refractivity contribution is 0.603. The number of hydrogen-bond donors (Lipinski definition) is 0. The first-order valence-electron chi connectivity index (χ1n) is 6.82. The normalized spacial score (nSPS) is 11.4. The highest BCUT2D eigenvalue weighted by Crippen LogP contribution is 2.31. The molecule has 3 rings (SSSR count). The molecule has 0 bridgehead atoms. The molecule has 0 aliphatic heterocycles. The Bertz CT molecular complexity index is 876. The molecule has 0 radical (unpaired) electrons. The van der Waals surface area contributed by atoms with Crippen LogP contribution in [0.2, 0.25) is 5.28 Å². The van der Waals surface area contributed by atoms with Gasteiger partial charge in [-0.2, -0.15) is 4.98 Å². The van der Waals surface area contributed by atoms with Gasteiger partial charge in [0.05, 0.1) is 0 Å². The molecule has 5 heteroatoms. The third-order valence-electron chi connectivity index (χ3n) is 3.26. The summed E-state index contributed by atoms with van der Waals surface area (Å²) in [4.78, 5) is 12.5. The van der Waals surface area contributed by atoms with Gasteiger partial charge >= 0.3 is 0 Å². The molecule has 3 aromatic rings. The maximum atomic E-state index is 5.90. The maximum absolute atomic E-state index is 5.90. The van der Waals surface area contributed by atoms with Gasteiger partial charge in [0.25, 0.3) is 0 Å². The van der Waals surface area contributed by atoms with Crippen LogP contribution in [0.4, 0.5) is 0 Å². The lowest BCUT2D eigenvalue weighted by Gasteiger charge is -2.01. The second-order valence-corrected chi connectivity index (χ2v) is 5.11. The molecule has 1 aromatic carbocycles. The molecule has 0 aliphatic carbocycles. The monoisotopic (exact) mass is 311 g/mol. The van der Waals surface area contributed by atoms with E-state index in [-0.39, 0.29) is 5.28 Å². The summed E-state index contributed by atoms with van der Waals surface area (Å²) in [5, 5.41) is 1.19. The standard InChI is InChI=1S/C17H14ClN3O/c1-4-6-14-12(5-2)13-8-7-11(9-15(13)22-14)16-19-10(3)20-17(18)21-16/h4-9H,2H2,1,3H3/b6-4-. The number of aromatic nitrogens is 3. The van der Waals surface area contributed by atoms with Gasteiger partial charge in [-0.25, -0.2) is 9.97 Å². The fourth-order valence-electron chi connectivity index (χ4n) is 2.34. The van der Waals surface area contributed by atoms with Gasteiger partial charge in [-0.3, -0.25) is 0 Å². The number of rotatable bonds is 3. The van der Waals surface area contributed by atoms with Gasteiger partial charge in [0.1, 0.15) is 17.2 Å². The van der Waals surface area contributed by atoms with Crippen molar-refractivity contribution in [3.8, 4) is 11.4 Å². The second-order valence-electron chi connectivity index (χ2n) is 4.77. The van der Waals surface area contributed by atoms with E-state index in [0.717, 1.165) is 27.9 Å². The molecular formula is C17H14ClN3O. The van der Waals surface area contributed by atoms with E-state index in [1.807, 2.05) is 37.3 Å². The summed E-state index contributed by atoms with van der Waals surface area (Å²) in [5.41, 5.74) is 2.57. The number of furan rings is 1. The highest BCUT2D eigenvalue weighted by Gasteiger charge is 2.12. The molecule has 2 aromatic heterocycles. The largest absolute Gasteiger partial charge is 0.456 e. The Morgan fingerprint density at radius 2 is 2.05 bits per heavy atom. The summed E-state index contributed by atoms with van der Waals surface area (Å²) in [6, 6.07) is 5.82. The molecule has 110 valence electrons. The predicted molar refractivity (Wildman–Crippen MR) is 89.6 cm³/mol. The van der Waals surface area contributed by atoms with Crippen molar-refractivity contribution < 1.29 is 4.42 Å². The Balaban J connectivity index is 2.19. The van der Waals surface area contributed by atoms with Crippen LogP contribution in [0.5, 0.6) is 0 Å². The minimum absolute atomic E-state index is 0.184. The van der Waals surface area contributed by atoms with Crippen LogP contribution in [0, 0.1) is 6.92 Å². The fraction of sp³-hybridized carbons (Fsp3) is 0.118. The zero-order valence-electron chi connectivity index (χ0n) is 12.3. The smallest absolute Gasteiger partial charge is 0.226 e. The van der Waals surface area contributed by atoms with Crippen LogP contribution >= 0.6 is 11.6 Å². The molecule has 0 atom stereocenters. The van der Waals surface area contributed by atoms with E-state index in [9.17, 15) is 0 Å². The molecule has 0 saturated heterocycles. The first kappa shape index (κ1) is 14.5. The molecular weight excluding hydrogens is 298 g/mol. The first-order valence-corrected chi connectivity index (χ1v) is 7.20. The van der Waals surface area contributed by atoms with Gasteiger partial charge < -0.3 is 4.42 Å². The van der Waals surface area contributed by atoms with E-state index < -0.39 is 0 Å². The second kappa shape index (κ2) is 5.73. The Kier molecular flexibility index (Phi) is 3.77. The van der Waals surface area contributed by atoms with Crippen LogP contribution in [-0.4, -0.2) is 15.0 Å². The van der Waals surface area contributed by atoms with Crippen molar-refractivity contribution in [2.45, 2.75) is 13.8 Å².